The van der Waals surface area contributed by atoms with E-state index in [-0.39, 0.29) is 11.9 Å². The molecule has 2 N–H and O–H groups in total. The summed E-state index contributed by atoms with van der Waals surface area (Å²) in [6.45, 7) is 3.92. The van der Waals surface area contributed by atoms with Gasteiger partial charge in [-0.05, 0) is 65.9 Å². The SMILES string of the molecule is COc1cc(C(=O)N2CCc3cc4ccc3C2c2cccc(c2)OCCCN(Cc2cccnc2N)CCO4)ccn1. The highest BCUT2D eigenvalue weighted by Gasteiger charge is 2.33. The summed E-state index contributed by atoms with van der Waals surface area (Å²) in [5.41, 5.74) is 10.9. The van der Waals surface area contributed by atoms with Crippen molar-refractivity contribution < 1.29 is 19.0 Å². The second-order valence-corrected chi connectivity index (χ2v) is 10.5. The third kappa shape index (κ3) is 6.01. The maximum absolute atomic E-state index is 13.9. The van der Waals surface area contributed by atoms with E-state index in [1.54, 1.807) is 31.6 Å². The molecule has 9 nitrogen and oxygen atoms in total. The fraction of sp³-hybridized carbons (Fsp3) is 0.303. The molecule has 3 aliphatic heterocycles. The van der Waals surface area contributed by atoms with Crippen LogP contribution in [0.25, 0.3) is 0 Å². The quantitative estimate of drug-likeness (QED) is 0.385. The Labute approximate surface area is 245 Å². The second kappa shape index (κ2) is 12.5. The van der Waals surface area contributed by atoms with Crippen LogP contribution in [0.4, 0.5) is 5.82 Å². The molecule has 3 aliphatic rings. The third-order valence-electron chi connectivity index (χ3n) is 7.85. The minimum atomic E-state index is -0.272. The molecule has 216 valence electrons. The molecule has 7 rings (SSSR count). The second-order valence-electron chi connectivity index (χ2n) is 10.5. The van der Waals surface area contributed by atoms with E-state index < -0.39 is 0 Å². The van der Waals surface area contributed by atoms with Gasteiger partial charge in [-0.1, -0.05) is 24.3 Å². The van der Waals surface area contributed by atoms with Crippen molar-refractivity contribution in [3.63, 3.8) is 0 Å². The van der Waals surface area contributed by atoms with Crippen LogP contribution < -0.4 is 19.9 Å². The number of hydrogen-bond acceptors (Lipinski definition) is 8. The van der Waals surface area contributed by atoms with Crippen molar-refractivity contribution in [2.24, 2.45) is 0 Å². The van der Waals surface area contributed by atoms with Gasteiger partial charge in [-0.15, -0.1) is 0 Å². The summed E-state index contributed by atoms with van der Waals surface area (Å²) < 4.78 is 17.8. The number of ether oxygens (including phenoxy) is 3. The van der Waals surface area contributed by atoms with Gasteiger partial charge in [0, 0.05) is 55.8 Å². The highest BCUT2D eigenvalue weighted by Crippen LogP contribution is 2.39. The van der Waals surface area contributed by atoms with Crippen molar-refractivity contribution >= 4 is 11.7 Å². The molecule has 1 unspecified atom stereocenters. The largest absolute Gasteiger partial charge is 0.494 e. The van der Waals surface area contributed by atoms with Crippen LogP contribution in [-0.2, 0) is 13.0 Å². The first-order chi connectivity index (χ1) is 20.6. The summed E-state index contributed by atoms with van der Waals surface area (Å²) in [5.74, 6) is 2.51. The molecule has 0 fully saturated rings. The predicted molar refractivity (Wildman–Crippen MR) is 160 cm³/mol. The molecule has 4 aromatic rings. The Hall–Kier alpha value is -4.63. The van der Waals surface area contributed by atoms with E-state index in [4.69, 9.17) is 19.9 Å². The van der Waals surface area contributed by atoms with E-state index in [1.807, 2.05) is 35.2 Å². The maximum atomic E-state index is 13.9. The minimum Gasteiger partial charge on any atom is -0.494 e. The first-order valence-corrected chi connectivity index (χ1v) is 14.3. The highest BCUT2D eigenvalue weighted by molar-refractivity contribution is 5.95. The molecule has 6 bridgehead atoms. The predicted octanol–water partition coefficient (Wildman–Crippen LogP) is 4.52. The van der Waals surface area contributed by atoms with Crippen LogP contribution in [-0.4, -0.2) is 65.6 Å². The number of rotatable bonds is 4. The van der Waals surface area contributed by atoms with Crippen molar-refractivity contribution in [3.8, 4) is 17.4 Å². The fourth-order valence-electron chi connectivity index (χ4n) is 5.73. The molecular formula is C33H35N5O4. The number of methoxy groups -OCH3 is 1. The Bertz CT molecular complexity index is 1560. The summed E-state index contributed by atoms with van der Waals surface area (Å²) in [6.07, 6.45) is 4.87. The maximum Gasteiger partial charge on any atom is 0.254 e. The lowest BCUT2D eigenvalue weighted by Crippen LogP contribution is -2.40. The van der Waals surface area contributed by atoms with Crippen molar-refractivity contribution in [3.05, 3.63) is 107 Å². The average Bonchev–Trinajstić information content (AvgIpc) is 3.02. The fourth-order valence-corrected chi connectivity index (χ4v) is 5.73. The number of nitrogens with zero attached hydrogens (tertiary/aromatic N) is 4. The summed E-state index contributed by atoms with van der Waals surface area (Å²) in [6, 6.07) is 21.4. The first kappa shape index (κ1) is 27.5. The molecule has 2 aromatic heterocycles. The van der Waals surface area contributed by atoms with Crippen LogP contribution in [0.5, 0.6) is 17.4 Å². The number of amides is 1. The number of pyridine rings is 2. The molecule has 5 heterocycles. The van der Waals surface area contributed by atoms with Gasteiger partial charge in [0.05, 0.1) is 19.8 Å². The molecule has 0 saturated heterocycles. The first-order valence-electron chi connectivity index (χ1n) is 14.3. The zero-order chi connectivity index (χ0) is 28.9. The van der Waals surface area contributed by atoms with Crippen molar-refractivity contribution in [2.45, 2.75) is 25.4 Å². The lowest BCUT2D eigenvalue weighted by molar-refractivity contribution is 0.0693. The average molecular weight is 566 g/mol. The molecule has 0 radical (unpaired) electrons. The van der Waals surface area contributed by atoms with Gasteiger partial charge >= 0.3 is 0 Å². The molecule has 2 aromatic carbocycles. The van der Waals surface area contributed by atoms with E-state index in [2.05, 4.69) is 39.1 Å². The Morgan fingerprint density at radius 3 is 2.71 bits per heavy atom. The van der Waals surface area contributed by atoms with Crippen molar-refractivity contribution in [1.82, 2.24) is 19.8 Å². The molecule has 0 saturated carbocycles. The lowest BCUT2D eigenvalue weighted by atomic mass is 9.87. The molecule has 1 atom stereocenters. The number of fused-ring (bicyclic) bond motifs is 8. The van der Waals surface area contributed by atoms with Gasteiger partial charge in [-0.3, -0.25) is 9.69 Å². The Morgan fingerprint density at radius 1 is 0.952 bits per heavy atom. The van der Waals surface area contributed by atoms with Gasteiger partial charge < -0.3 is 24.8 Å². The topological polar surface area (TPSA) is 103 Å². The zero-order valence-corrected chi connectivity index (χ0v) is 23.7. The summed E-state index contributed by atoms with van der Waals surface area (Å²) >= 11 is 0. The van der Waals surface area contributed by atoms with Gasteiger partial charge in [0.25, 0.3) is 5.91 Å². The number of hydrogen-bond donors (Lipinski definition) is 1. The highest BCUT2D eigenvalue weighted by atomic mass is 16.5. The molecule has 0 aliphatic carbocycles. The van der Waals surface area contributed by atoms with Gasteiger partial charge in [0.15, 0.2) is 0 Å². The van der Waals surface area contributed by atoms with E-state index in [0.29, 0.717) is 43.6 Å². The van der Waals surface area contributed by atoms with Gasteiger partial charge in [0.2, 0.25) is 5.88 Å². The van der Waals surface area contributed by atoms with Crippen LogP contribution in [0.2, 0.25) is 0 Å². The summed E-state index contributed by atoms with van der Waals surface area (Å²) in [5, 5.41) is 0. The van der Waals surface area contributed by atoms with Crippen molar-refractivity contribution in [2.75, 3.05) is 45.7 Å². The number of nitrogen functional groups attached to an aromatic ring is 1. The van der Waals surface area contributed by atoms with E-state index >= 15 is 0 Å². The molecule has 0 spiro atoms. The summed E-state index contributed by atoms with van der Waals surface area (Å²) in [4.78, 5) is 26.6. The number of carbonyl (C=O) groups excluding carboxylic acids is 1. The smallest absolute Gasteiger partial charge is 0.254 e. The van der Waals surface area contributed by atoms with Crippen LogP contribution in [0, 0.1) is 0 Å². The minimum absolute atomic E-state index is 0.0678. The third-order valence-corrected chi connectivity index (χ3v) is 7.85. The summed E-state index contributed by atoms with van der Waals surface area (Å²) in [7, 11) is 1.55. The number of aromatic nitrogens is 2. The molecule has 42 heavy (non-hydrogen) atoms. The number of anilines is 1. The van der Waals surface area contributed by atoms with Crippen LogP contribution in [0.1, 0.15) is 45.1 Å². The van der Waals surface area contributed by atoms with E-state index in [9.17, 15) is 4.79 Å². The number of benzene rings is 2. The van der Waals surface area contributed by atoms with Crippen LogP contribution in [0.3, 0.4) is 0 Å². The Kier molecular flexibility index (Phi) is 8.18. The Morgan fingerprint density at radius 2 is 1.83 bits per heavy atom. The molecule has 9 heteroatoms. The van der Waals surface area contributed by atoms with Crippen LogP contribution >= 0.6 is 0 Å². The van der Waals surface area contributed by atoms with Gasteiger partial charge in [-0.2, -0.15) is 0 Å². The monoisotopic (exact) mass is 565 g/mol. The molecular weight excluding hydrogens is 530 g/mol. The Balaban J connectivity index is 1.31. The van der Waals surface area contributed by atoms with Gasteiger partial charge in [0.1, 0.15) is 23.9 Å². The standard InChI is InChI=1S/C33H35N5O4/c1-40-30-21-25(10-13-35-30)33(39)38-15-11-23-19-28-8-9-29(23)31(38)24-5-2-7-27(20-24)41-17-4-14-37(16-18-42-28)22-26-6-3-12-36-32(26)34/h2-3,5-10,12-13,19-21,31H,4,11,14-18,22H2,1H3,(H2,34,36). The zero-order valence-electron chi connectivity index (χ0n) is 23.7. The van der Waals surface area contributed by atoms with E-state index in [1.165, 1.54) is 5.56 Å². The van der Waals surface area contributed by atoms with Gasteiger partial charge in [-0.25, -0.2) is 9.97 Å². The molecule has 1 amide bonds. The van der Waals surface area contributed by atoms with E-state index in [0.717, 1.165) is 54.1 Å². The lowest BCUT2D eigenvalue weighted by Gasteiger charge is -2.38. The normalized spacial score (nSPS) is 17.3. The van der Waals surface area contributed by atoms with Crippen molar-refractivity contribution in [1.29, 1.82) is 0 Å². The number of carbonyl (C=O) groups is 1. The number of nitrogens with two attached hydrogens (primary N) is 1. The van der Waals surface area contributed by atoms with Crippen LogP contribution in [0.15, 0.2) is 79.1 Å².